The molecule has 0 fully saturated rings. The fourth-order valence-electron chi connectivity index (χ4n) is 3.17. The number of para-hydroxylation sites is 1. The number of nitrogens with one attached hydrogen (secondary N) is 1. The highest BCUT2D eigenvalue weighted by atomic mass is 79.9. The molecular formula is C26H22BrClN2O3. The summed E-state index contributed by atoms with van der Waals surface area (Å²) in [5.74, 6) is 0.458. The SMILES string of the molecule is COc1cc(/C=C(\C#N)C(=O)Nc2c(C)cccc2Cl)cc(Br)c1OCc1ccccc1C. The Morgan fingerprint density at radius 1 is 1.15 bits per heavy atom. The molecule has 3 aromatic carbocycles. The molecule has 0 aliphatic heterocycles. The number of rotatable bonds is 7. The molecule has 0 atom stereocenters. The van der Waals surface area contributed by atoms with E-state index in [4.69, 9.17) is 21.1 Å². The summed E-state index contributed by atoms with van der Waals surface area (Å²) in [6.45, 7) is 4.23. The Labute approximate surface area is 206 Å². The van der Waals surface area contributed by atoms with Crippen LogP contribution in [0.15, 0.2) is 64.6 Å². The summed E-state index contributed by atoms with van der Waals surface area (Å²) < 4.78 is 12.2. The van der Waals surface area contributed by atoms with E-state index < -0.39 is 5.91 Å². The van der Waals surface area contributed by atoms with Gasteiger partial charge in [0.2, 0.25) is 0 Å². The number of halogens is 2. The van der Waals surface area contributed by atoms with Crippen molar-refractivity contribution >= 4 is 45.2 Å². The number of carbonyl (C=O) groups excluding carboxylic acids is 1. The van der Waals surface area contributed by atoms with Crippen LogP contribution in [0.4, 0.5) is 5.69 Å². The minimum atomic E-state index is -0.552. The molecule has 0 aromatic heterocycles. The largest absolute Gasteiger partial charge is 0.493 e. The second-order valence-corrected chi connectivity index (χ2v) is 8.57. The lowest BCUT2D eigenvalue weighted by atomic mass is 10.1. The zero-order valence-electron chi connectivity index (χ0n) is 18.4. The van der Waals surface area contributed by atoms with Crippen molar-refractivity contribution in [2.24, 2.45) is 0 Å². The van der Waals surface area contributed by atoms with Gasteiger partial charge in [-0.3, -0.25) is 4.79 Å². The number of hydrogen-bond donors (Lipinski definition) is 1. The van der Waals surface area contributed by atoms with Crippen LogP contribution in [-0.2, 0) is 11.4 Å². The van der Waals surface area contributed by atoms with Crippen LogP contribution in [0.5, 0.6) is 11.5 Å². The van der Waals surface area contributed by atoms with Gasteiger partial charge >= 0.3 is 0 Å². The number of hydrogen-bond acceptors (Lipinski definition) is 4. The highest BCUT2D eigenvalue weighted by molar-refractivity contribution is 9.10. The first-order valence-corrected chi connectivity index (χ1v) is 11.2. The zero-order valence-corrected chi connectivity index (χ0v) is 20.8. The summed E-state index contributed by atoms with van der Waals surface area (Å²) in [6, 6.07) is 18.7. The summed E-state index contributed by atoms with van der Waals surface area (Å²) in [7, 11) is 1.54. The molecule has 0 spiro atoms. The molecule has 0 radical (unpaired) electrons. The first-order valence-electron chi connectivity index (χ1n) is 10.1. The van der Waals surface area contributed by atoms with Gasteiger partial charge in [-0.2, -0.15) is 5.26 Å². The number of ether oxygens (including phenoxy) is 2. The van der Waals surface area contributed by atoms with Gasteiger partial charge in [0.15, 0.2) is 11.5 Å². The van der Waals surface area contributed by atoms with E-state index in [1.165, 1.54) is 13.2 Å². The summed E-state index contributed by atoms with van der Waals surface area (Å²) in [4.78, 5) is 12.7. The summed E-state index contributed by atoms with van der Waals surface area (Å²) in [6.07, 6.45) is 1.49. The van der Waals surface area contributed by atoms with Crippen molar-refractivity contribution in [2.75, 3.05) is 12.4 Å². The van der Waals surface area contributed by atoms with Gasteiger partial charge in [-0.05, 0) is 76.3 Å². The Morgan fingerprint density at radius 2 is 1.88 bits per heavy atom. The second-order valence-electron chi connectivity index (χ2n) is 7.30. The smallest absolute Gasteiger partial charge is 0.266 e. The van der Waals surface area contributed by atoms with E-state index in [9.17, 15) is 10.1 Å². The lowest BCUT2D eigenvalue weighted by Gasteiger charge is -2.15. The third kappa shape index (κ3) is 5.95. The molecule has 0 aliphatic carbocycles. The van der Waals surface area contributed by atoms with Crippen LogP contribution in [0, 0.1) is 25.2 Å². The fraction of sp³-hybridized carbons (Fsp3) is 0.154. The number of anilines is 1. The molecule has 0 aliphatic rings. The molecule has 3 aromatic rings. The average Bonchev–Trinajstić information content (AvgIpc) is 2.79. The number of nitriles is 1. The van der Waals surface area contributed by atoms with Gasteiger partial charge in [-0.15, -0.1) is 0 Å². The number of amides is 1. The Hall–Kier alpha value is -3.27. The Kier molecular flexibility index (Phi) is 8.16. The van der Waals surface area contributed by atoms with Gasteiger partial charge in [-0.1, -0.05) is 48.0 Å². The molecular weight excluding hydrogens is 504 g/mol. The minimum Gasteiger partial charge on any atom is -0.493 e. The van der Waals surface area contributed by atoms with Crippen molar-refractivity contribution in [3.8, 4) is 17.6 Å². The van der Waals surface area contributed by atoms with E-state index in [0.29, 0.717) is 38.9 Å². The molecule has 0 saturated heterocycles. The monoisotopic (exact) mass is 524 g/mol. The Morgan fingerprint density at radius 3 is 2.55 bits per heavy atom. The molecule has 1 N–H and O–H groups in total. The molecule has 33 heavy (non-hydrogen) atoms. The molecule has 0 saturated carbocycles. The Bertz CT molecular complexity index is 1240. The highest BCUT2D eigenvalue weighted by Gasteiger charge is 2.16. The van der Waals surface area contributed by atoms with E-state index in [-0.39, 0.29) is 5.57 Å². The number of benzene rings is 3. The predicted molar refractivity (Wildman–Crippen MR) is 135 cm³/mol. The molecule has 0 unspecified atom stereocenters. The summed E-state index contributed by atoms with van der Waals surface area (Å²) >= 11 is 9.71. The molecule has 168 valence electrons. The topological polar surface area (TPSA) is 71.3 Å². The van der Waals surface area contributed by atoms with Crippen molar-refractivity contribution < 1.29 is 14.3 Å². The van der Waals surface area contributed by atoms with Gasteiger partial charge in [0.1, 0.15) is 18.2 Å². The predicted octanol–water partition coefficient (Wildman–Crippen LogP) is 6.85. The number of aryl methyl sites for hydroxylation is 2. The van der Waals surface area contributed by atoms with Crippen molar-refractivity contribution in [1.29, 1.82) is 5.26 Å². The average molecular weight is 526 g/mol. The normalized spacial score (nSPS) is 11.0. The van der Waals surface area contributed by atoms with E-state index in [0.717, 1.165) is 16.7 Å². The van der Waals surface area contributed by atoms with Crippen LogP contribution in [0.1, 0.15) is 22.3 Å². The Balaban J connectivity index is 1.86. The van der Waals surface area contributed by atoms with Gasteiger partial charge in [0.25, 0.3) is 5.91 Å². The molecule has 0 bridgehead atoms. The molecule has 7 heteroatoms. The van der Waals surface area contributed by atoms with Gasteiger partial charge in [0, 0.05) is 0 Å². The minimum absolute atomic E-state index is 0.0724. The van der Waals surface area contributed by atoms with E-state index in [2.05, 4.69) is 21.2 Å². The standard InChI is InChI=1S/C26H22BrClN2O3/c1-16-7-4-5-9-19(16)15-33-25-21(27)12-18(13-23(25)32-3)11-20(14-29)26(31)30-24-17(2)8-6-10-22(24)28/h4-13H,15H2,1-3H3,(H,30,31)/b20-11+. The van der Waals surface area contributed by atoms with Crippen LogP contribution in [0.25, 0.3) is 6.08 Å². The van der Waals surface area contributed by atoms with Gasteiger partial charge in [-0.25, -0.2) is 0 Å². The van der Waals surface area contributed by atoms with Gasteiger partial charge in [0.05, 0.1) is 22.3 Å². The van der Waals surface area contributed by atoms with E-state index in [1.807, 2.05) is 50.2 Å². The maximum atomic E-state index is 12.7. The van der Waals surface area contributed by atoms with Crippen molar-refractivity contribution in [2.45, 2.75) is 20.5 Å². The lowest BCUT2D eigenvalue weighted by molar-refractivity contribution is -0.112. The molecule has 1 amide bonds. The first-order chi connectivity index (χ1) is 15.8. The van der Waals surface area contributed by atoms with Crippen LogP contribution in [0.2, 0.25) is 5.02 Å². The third-order valence-electron chi connectivity index (χ3n) is 5.02. The van der Waals surface area contributed by atoms with Gasteiger partial charge < -0.3 is 14.8 Å². The van der Waals surface area contributed by atoms with Crippen molar-refractivity contribution in [3.63, 3.8) is 0 Å². The number of nitrogens with zero attached hydrogens (tertiary/aromatic N) is 1. The third-order valence-corrected chi connectivity index (χ3v) is 5.93. The zero-order chi connectivity index (χ0) is 24.0. The summed E-state index contributed by atoms with van der Waals surface area (Å²) in [5, 5.41) is 12.7. The molecule has 3 rings (SSSR count). The lowest BCUT2D eigenvalue weighted by Crippen LogP contribution is -2.14. The fourth-order valence-corrected chi connectivity index (χ4v) is 4.01. The summed E-state index contributed by atoms with van der Waals surface area (Å²) in [5.41, 5.74) is 4.00. The number of carbonyl (C=O) groups is 1. The first kappa shape index (κ1) is 24.4. The van der Waals surface area contributed by atoms with Crippen molar-refractivity contribution in [1.82, 2.24) is 0 Å². The second kappa shape index (κ2) is 11.0. The van der Waals surface area contributed by atoms with E-state index >= 15 is 0 Å². The molecule has 0 heterocycles. The van der Waals surface area contributed by atoms with E-state index in [1.54, 1.807) is 24.3 Å². The van der Waals surface area contributed by atoms with Crippen LogP contribution < -0.4 is 14.8 Å². The van der Waals surface area contributed by atoms with Crippen LogP contribution >= 0.6 is 27.5 Å². The molecule has 5 nitrogen and oxygen atoms in total. The highest BCUT2D eigenvalue weighted by Crippen LogP contribution is 2.38. The van der Waals surface area contributed by atoms with Crippen molar-refractivity contribution in [3.05, 3.63) is 91.9 Å². The number of methoxy groups -OCH3 is 1. The quantitative estimate of drug-likeness (QED) is 0.270. The maximum absolute atomic E-state index is 12.7. The van der Waals surface area contributed by atoms with Crippen LogP contribution in [0.3, 0.4) is 0 Å². The maximum Gasteiger partial charge on any atom is 0.266 e. The van der Waals surface area contributed by atoms with Crippen LogP contribution in [-0.4, -0.2) is 13.0 Å².